The molecule has 2 aliphatic rings. The lowest BCUT2D eigenvalue weighted by Crippen LogP contribution is -2.68. The minimum Gasteiger partial charge on any atom is -0.477 e. The van der Waals surface area contributed by atoms with E-state index in [4.69, 9.17) is 5.73 Å². The number of ketones is 1. The fraction of sp³-hybridized carbons (Fsp3) is 0.267. The molecule has 3 rings (SSSR count). The van der Waals surface area contributed by atoms with E-state index < -0.39 is 17.9 Å². The molecule has 114 valence electrons. The number of carbonyl (C=O) groups excluding carboxylic acids is 2. The van der Waals surface area contributed by atoms with Gasteiger partial charge in [-0.05, 0) is 5.56 Å². The van der Waals surface area contributed by atoms with Crippen LogP contribution < -0.4 is 5.73 Å². The Morgan fingerprint density at radius 1 is 1.32 bits per heavy atom. The average Bonchev–Trinajstić information content (AvgIpc) is 2.53. The molecule has 0 spiro atoms. The van der Waals surface area contributed by atoms with Crippen LogP contribution in [0, 0.1) is 0 Å². The van der Waals surface area contributed by atoms with E-state index in [9.17, 15) is 19.5 Å². The van der Waals surface area contributed by atoms with Crippen LogP contribution in [-0.4, -0.2) is 44.8 Å². The van der Waals surface area contributed by atoms with Gasteiger partial charge in [0.2, 0.25) is 5.91 Å². The highest BCUT2D eigenvalue weighted by molar-refractivity contribution is 8.00. The van der Waals surface area contributed by atoms with Crippen molar-refractivity contribution in [2.75, 3.05) is 5.75 Å². The molecule has 0 aliphatic carbocycles. The van der Waals surface area contributed by atoms with E-state index in [1.165, 1.54) is 11.8 Å². The standard InChI is InChI=1S/C15H14N2O4S/c16-11-13(19)17-12(15(20)21)9(7-22-14(11)17)10(18)6-8-4-2-1-3-5-8/h1-5,11,14H,6-7,16H2,(H,20,21)/t11?,14-/m1/s1. The Hall–Kier alpha value is -2.12. The maximum absolute atomic E-state index is 12.4. The molecule has 0 bridgehead atoms. The molecule has 1 unspecified atom stereocenters. The number of carboxylic acids is 1. The number of thioether (sulfide) groups is 1. The maximum atomic E-state index is 12.4. The van der Waals surface area contributed by atoms with Crippen LogP contribution in [0.15, 0.2) is 41.6 Å². The zero-order valence-corrected chi connectivity index (χ0v) is 12.4. The van der Waals surface area contributed by atoms with Crippen molar-refractivity contribution in [2.24, 2.45) is 5.73 Å². The van der Waals surface area contributed by atoms with Gasteiger partial charge in [-0.3, -0.25) is 14.5 Å². The van der Waals surface area contributed by atoms with Crippen molar-refractivity contribution in [1.29, 1.82) is 0 Å². The van der Waals surface area contributed by atoms with E-state index in [0.717, 1.165) is 10.5 Å². The quantitative estimate of drug-likeness (QED) is 0.778. The average molecular weight is 318 g/mol. The Kier molecular flexibility index (Phi) is 3.76. The second-order valence-electron chi connectivity index (χ2n) is 5.15. The minimum atomic E-state index is -1.26. The summed E-state index contributed by atoms with van der Waals surface area (Å²) in [6.45, 7) is 0. The summed E-state index contributed by atoms with van der Waals surface area (Å²) in [7, 11) is 0. The van der Waals surface area contributed by atoms with E-state index in [1.54, 1.807) is 0 Å². The maximum Gasteiger partial charge on any atom is 0.353 e. The minimum absolute atomic E-state index is 0.117. The van der Waals surface area contributed by atoms with Crippen molar-refractivity contribution in [3.63, 3.8) is 0 Å². The third kappa shape index (κ3) is 2.32. The van der Waals surface area contributed by atoms with Gasteiger partial charge >= 0.3 is 5.97 Å². The molecule has 1 aromatic carbocycles. The van der Waals surface area contributed by atoms with Gasteiger partial charge in [0.1, 0.15) is 17.1 Å². The van der Waals surface area contributed by atoms with Crippen LogP contribution in [0.1, 0.15) is 5.56 Å². The zero-order valence-electron chi connectivity index (χ0n) is 11.6. The van der Waals surface area contributed by atoms with E-state index in [1.807, 2.05) is 30.3 Å². The third-order valence-electron chi connectivity index (χ3n) is 3.76. The summed E-state index contributed by atoms with van der Waals surface area (Å²) >= 11 is 1.33. The van der Waals surface area contributed by atoms with Crippen LogP contribution in [0.25, 0.3) is 0 Å². The number of amides is 1. The number of β-lactam (4-membered cyclic amide) rings is 1. The first-order valence-electron chi connectivity index (χ1n) is 6.74. The lowest BCUT2D eigenvalue weighted by molar-refractivity contribution is -0.148. The number of hydrogen-bond donors (Lipinski definition) is 2. The number of hydrogen-bond acceptors (Lipinski definition) is 5. The molecule has 22 heavy (non-hydrogen) atoms. The molecule has 2 heterocycles. The fourth-order valence-electron chi connectivity index (χ4n) is 2.62. The monoisotopic (exact) mass is 318 g/mol. The second kappa shape index (κ2) is 5.58. The lowest BCUT2D eigenvalue weighted by atomic mass is 9.98. The first-order chi connectivity index (χ1) is 10.5. The van der Waals surface area contributed by atoms with Crippen LogP contribution in [0.4, 0.5) is 0 Å². The van der Waals surface area contributed by atoms with Gasteiger partial charge in [0, 0.05) is 17.7 Å². The summed E-state index contributed by atoms with van der Waals surface area (Å²) in [6, 6.07) is 8.41. The number of carboxylic acid groups (broad SMARTS) is 1. The van der Waals surface area contributed by atoms with Crippen molar-refractivity contribution in [2.45, 2.75) is 17.8 Å². The number of rotatable bonds is 4. The first-order valence-corrected chi connectivity index (χ1v) is 7.79. The molecule has 3 N–H and O–H groups in total. The number of nitrogens with two attached hydrogens (primary N) is 1. The SMILES string of the molecule is NC1C(=O)N2C(C(=O)O)=C(C(=O)Cc3ccccc3)CS[C@H]12. The highest BCUT2D eigenvalue weighted by atomic mass is 32.2. The number of Topliss-reactive ketones (excluding diaryl/α,β-unsaturated/α-hetero) is 1. The number of fused-ring (bicyclic) bond motifs is 1. The van der Waals surface area contributed by atoms with E-state index in [2.05, 4.69) is 0 Å². The predicted molar refractivity (Wildman–Crippen MR) is 80.9 cm³/mol. The molecular formula is C15H14N2O4S. The Morgan fingerprint density at radius 3 is 2.64 bits per heavy atom. The summed E-state index contributed by atoms with van der Waals surface area (Å²) in [5, 5.41) is 9.01. The highest BCUT2D eigenvalue weighted by Crippen LogP contribution is 2.39. The summed E-state index contributed by atoms with van der Waals surface area (Å²) in [6.07, 6.45) is 0.117. The van der Waals surface area contributed by atoms with Crippen molar-refractivity contribution in [3.05, 3.63) is 47.2 Å². The molecule has 6 nitrogen and oxygen atoms in total. The van der Waals surface area contributed by atoms with Crippen molar-refractivity contribution in [3.8, 4) is 0 Å². The van der Waals surface area contributed by atoms with Crippen LogP contribution >= 0.6 is 11.8 Å². The van der Waals surface area contributed by atoms with Gasteiger partial charge in [0.05, 0.1) is 0 Å². The largest absolute Gasteiger partial charge is 0.477 e. The molecule has 0 aromatic heterocycles. The van der Waals surface area contributed by atoms with E-state index in [-0.39, 0.29) is 34.6 Å². The van der Waals surface area contributed by atoms with Gasteiger partial charge in [-0.1, -0.05) is 30.3 Å². The Balaban J connectivity index is 1.91. The molecule has 2 atom stereocenters. The Morgan fingerprint density at radius 2 is 2.00 bits per heavy atom. The Bertz CT molecular complexity index is 686. The smallest absolute Gasteiger partial charge is 0.353 e. The number of aliphatic carboxylic acids is 1. The van der Waals surface area contributed by atoms with Gasteiger partial charge < -0.3 is 10.8 Å². The van der Waals surface area contributed by atoms with Gasteiger partial charge in [-0.15, -0.1) is 11.8 Å². The summed E-state index contributed by atoms with van der Waals surface area (Å²) in [4.78, 5) is 36.9. The van der Waals surface area contributed by atoms with Crippen molar-refractivity contribution in [1.82, 2.24) is 4.90 Å². The molecular weight excluding hydrogens is 304 g/mol. The first kappa shape index (κ1) is 14.8. The highest BCUT2D eigenvalue weighted by Gasteiger charge is 2.52. The van der Waals surface area contributed by atoms with Crippen molar-refractivity contribution >= 4 is 29.4 Å². The van der Waals surface area contributed by atoms with Gasteiger partial charge in [-0.25, -0.2) is 4.79 Å². The molecule has 0 radical (unpaired) electrons. The summed E-state index contributed by atoms with van der Waals surface area (Å²) in [5.41, 5.74) is 6.45. The summed E-state index contributed by atoms with van der Waals surface area (Å²) < 4.78 is 0. The molecule has 1 saturated heterocycles. The van der Waals surface area contributed by atoms with Crippen LogP contribution in [0.5, 0.6) is 0 Å². The Labute approximate surface area is 131 Å². The lowest BCUT2D eigenvalue weighted by Gasteiger charge is -2.47. The zero-order chi connectivity index (χ0) is 15.9. The van der Waals surface area contributed by atoms with E-state index >= 15 is 0 Å². The third-order valence-corrected chi connectivity index (χ3v) is 5.06. The molecule has 2 aliphatic heterocycles. The van der Waals surface area contributed by atoms with Crippen LogP contribution in [0.3, 0.4) is 0 Å². The van der Waals surface area contributed by atoms with E-state index in [0.29, 0.717) is 0 Å². The van der Waals surface area contributed by atoms with Crippen LogP contribution in [0.2, 0.25) is 0 Å². The normalized spacial score (nSPS) is 23.9. The number of nitrogens with zero attached hydrogens (tertiary/aromatic N) is 1. The second-order valence-corrected chi connectivity index (χ2v) is 6.26. The van der Waals surface area contributed by atoms with Gasteiger partial charge in [-0.2, -0.15) is 0 Å². The summed E-state index contributed by atoms with van der Waals surface area (Å²) in [5.74, 6) is -1.72. The van der Waals surface area contributed by atoms with Gasteiger partial charge in [0.15, 0.2) is 5.78 Å². The van der Waals surface area contributed by atoms with Crippen molar-refractivity contribution < 1.29 is 19.5 Å². The molecule has 7 heteroatoms. The number of benzene rings is 1. The predicted octanol–water partition coefficient (Wildman–Crippen LogP) is 0.379. The molecule has 0 saturated carbocycles. The van der Waals surface area contributed by atoms with Crippen LogP contribution in [-0.2, 0) is 20.8 Å². The molecule has 1 fully saturated rings. The fourth-order valence-corrected chi connectivity index (χ4v) is 3.93. The molecule has 1 aromatic rings. The van der Waals surface area contributed by atoms with Gasteiger partial charge in [0.25, 0.3) is 0 Å². The topological polar surface area (TPSA) is 101 Å². The molecule has 1 amide bonds. The number of carbonyl (C=O) groups is 3.